The molecule has 7 nitrogen and oxygen atoms in total. The van der Waals surface area contributed by atoms with Crippen LogP contribution in [0.2, 0.25) is 5.02 Å². The lowest BCUT2D eigenvalue weighted by molar-refractivity contribution is -0.137. The van der Waals surface area contributed by atoms with Crippen LogP contribution in [0.3, 0.4) is 0 Å². The molecule has 2 heterocycles. The van der Waals surface area contributed by atoms with Crippen molar-refractivity contribution in [3.63, 3.8) is 0 Å². The lowest BCUT2D eigenvalue weighted by atomic mass is 10.1. The Morgan fingerprint density at radius 3 is 2.23 bits per heavy atom. The van der Waals surface area contributed by atoms with Gasteiger partial charge in [-0.1, -0.05) is 17.7 Å². The van der Waals surface area contributed by atoms with Crippen molar-refractivity contribution in [3.8, 4) is 0 Å². The van der Waals surface area contributed by atoms with Crippen molar-refractivity contribution in [3.05, 3.63) is 57.5 Å². The van der Waals surface area contributed by atoms with Gasteiger partial charge in [-0.3, -0.25) is 0 Å². The third-order valence-corrected chi connectivity index (χ3v) is 7.33. The lowest BCUT2D eigenvalue weighted by Crippen LogP contribution is -2.48. The quantitative estimate of drug-likeness (QED) is 0.628. The average Bonchev–Trinajstić information content (AvgIpc) is 3.05. The molecule has 160 valence electrons. The van der Waals surface area contributed by atoms with E-state index in [2.05, 4.69) is 9.97 Å². The molecule has 0 bridgehead atoms. The van der Waals surface area contributed by atoms with Gasteiger partial charge in [0.1, 0.15) is 4.90 Å². The highest BCUT2D eigenvalue weighted by molar-refractivity contribution is 7.89. The Kier molecular flexibility index (Phi) is 5.07. The first-order valence-corrected chi connectivity index (χ1v) is 10.7. The number of hydrogen-bond donors (Lipinski definition) is 2. The van der Waals surface area contributed by atoms with E-state index >= 15 is 0 Å². The first-order chi connectivity index (χ1) is 14.1. The van der Waals surface area contributed by atoms with Crippen LogP contribution < -0.4 is 10.6 Å². The predicted molar refractivity (Wildman–Crippen MR) is 106 cm³/mol. The molecule has 1 saturated heterocycles. The van der Waals surface area contributed by atoms with E-state index in [9.17, 15) is 26.4 Å². The minimum atomic E-state index is -4.45. The third kappa shape index (κ3) is 3.80. The summed E-state index contributed by atoms with van der Waals surface area (Å²) in [4.78, 5) is 18.0. The van der Waals surface area contributed by atoms with Gasteiger partial charge in [0.15, 0.2) is 0 Å². The van der Waals surface area contributed by atoms with Crippen LogP contribution in [0.5, 0.6) is 0 Å². The maximum absolute atomic E-state index is 13.1. The number of nitrogens with zero attached hydrogens (tertiary/aromatic N) is 2. The number of aromatic nitrogens is 2. The molecular weight excluding hydrogens is 445 g/mol. The summed E-state index contributed by atoms with van der Waals surface area (Å²) >= 11 is 6.14. The van der Waals surface area contributed by atoms with Gasteiger partial charge in [0.2, 0.25) is 10.0 Å². The Labute approximate surface area is 174 Å². The molecule has 2 aromatic carbocycles. The number of H-pyrrole nitrogens is 2. The van der Waals surface area contributed by atoms with Gasteiger partial charge in [0.25, 0.3) is 0 Å². The highest BCUT2D eigenvalue weighted by atomic mass is 35.5. The van der Waals surface area contributed by atoms with E-state index in [0.29, 0.717) is 16.7 Å². The fourth-order valence-corrected chi connectivity index (χ4v) is 5.39. The number of benzene rings is 2. The molecule has 1 aromatic heterocycles. The molecule has 0 spiro atoms. The summed E-state index contributed by atoms with van der Waals surface area (Å²) in [6.07, 6.45) is -4.45. The molecule has 1 fully saturated rings. The molecule has 1 aliphatic heterocycles. The fraction of sp³-hybridized carbons (Fsp3) is 0.278. The van der Waals surface area contributed by atoms with Gasteiger partial charge in [-0.15, -0.1) is 0 Å². The minimum absolute atomic E-state index is 0.0296. The number of piperazine rings is 1. The molecule has 4 rings (SSSR count). The van der Waals surface area contributed by atoms with Crippen molar-refractivity contribution in [2.45, 2.75) is 11.1 Å². The highest BCUT2D eigenvalue weighted by Crippen LogP contribution is 2.33. The van der Waals surface area contributed by atoms with E-state index in [0.717, 1.165) is 12.1 Å². The van der Waals surface area contributed by atoms with Crippen molar-refractivity contribution in [1.82, 2.24) is 14.3 Å². The zero-order chi connectivity index (χ0) is 21.7. The second-order valence-electron chi connectivity index (χ2n) is 6.85. The minimum Gasteiger partial charge on any atom is -0.369 e. The first kappa shape index (κ1) is 20.8. The smallest absolute Gasteiger partial charge is 0.369 e. The van der Waals surface area contributed by atoms with Crippen LogP contribution in [0.15, 0.2) is 46.1 Å². The second-order valence-corrected chi connectivity index (χ2v) is 9.16. The molecule has 3 aromatic rings. The number of nitrogens with one attached hydrogen (secondary N) is 2. The fourth-order valence-electron chi connectivity index (χ4n) is 3.44. The number of anilines is 1. The van der Waals surface area contributed by atoms with Crippen molar-refractivity contribution in [2.24, 2.45) is 0 Å². The van der Waals surface area contributed by atoms with Gasteiger partial charge < -0.3 is 14.9 Å². The van der Waals surface area contributed by atoms with Gasteiger partial charge in [0.05, 0.1) is 21.6 Å². The van der Waals surface area contributed by atoms with E-state index in [4.69, 9.17) is 11.6 Å². The van der Waals surface area contributed by atoms with Crippen molar-refractivity contribution in [1.29, 1.82) is 0 Å². The van der Waals surface area contributed by atoms with Crippen LogP contribution in [0.4, 0.5) is 18.9 Å². The standard InChI is InChI=1S/C18H16ClF3N4O3S/c19-13-9-14-15(24-17(27)23-14)10-16(13)30(28,29)26-6-4-25(5-7-26)12-3-1-2-11(8-12)18(20,21)22/h1-3,8-10H,4-7H2,(H2,23,24,27). The number of alkyl halides is 3. The Balaban J connectivity index is 1.55. The molecule has 2 N–H and O–H groups in total. The number of rotatable bonds is 3. The first-order valence-electron chi connectivity index (χ1n) is 8.89. The maximum atomic E-state index is 13.1. The van der Waals surface area contributed by atoms with Crippen LogP contribution in [0, 0.1) is 0 Å². The Hall–Kier alpha value is -2.50. The van der Waals surface area contributed by atoms with Crippen LogP contribution in [-0.2, 0) is 16.2 Å². The summed E-state index contributed by atoms with van der Waals surface area (Å²) in [5.74, 6) is 0. The predicted octanol–water partition coefficient (Wildman–Crippen LogP) is 3.04. The van der Waals surface area contributed by atoms with Gasteiger partial charge in [0, 0.05) is 31.9 Å². The second kappa shape index (κ2) is 7.33. The van der Waals surface area contributed by atoms with Gasteiger partial charge in [-0.2, -0.15) is 17.5 Å². The molecule has 0 unspecified atom stereocenters. The summed E-state index contributed by atoms with van der Waals surface area (Å²) in [7, 11) is -3.95. The summed E-state index contributed by atoms with van der Waals surface area (Å²) in [5.41, 5.74) is -0.156. The highest BCUT2D eigenvalue weighted by Gasteiger charge is 2.33. The van der Waals surface area contributed by atoms with E-state index in [1.54, 1.807) is 11.0 Å². The normalized spacial score (nSPS) is 16.3. The topological polar surface area (TPSA) is 89.3 Å². The largest absolute Gasteiger partial charge is 0.416 e. The van der Waals surface area contributed by atoms with Crippen LogP contribution in [0.25, 0.3) is 11.0 Å². The molecule has 0 atom stereocenters. The number of fused-ring (bicyclic) bond motifs is 1. The molecule has 0 aliphatic carbocycles. The Bertz CT molecular complexity index is 1260. The van der Waals surface area contributed by atoms with E-state index in [1.165, 1.54) is 22.5 Å². The number of halogens is 4. The summed E-state index contributed by atoms with van der Waals surface area (Å²) in [5, 5.41) is -0.0296. The van der Waals surface area contributed by atoms with E-state index in [1.807, 2.05) is 0 Å². The van der Waals surface area contributed by atoms with Crippen LogP contribution >= 0.6 is 11.6 Å². The number of hydrogen-bond acceptors (Lipinski definition) is 4. The van der Waals surface area contributed by atoms with Crippen molar-refractivity contribution in [2.75, 3.05) is 31.1 Å². The van der Waals surface area contributed by atoms with Gasteiger partial charge >= 0.3 is 11.9 Å². The van der Waals surface area contributed by atoms with E-state index in [-0.39, 0.29) is 36.1 Å². The lowest BCUT2D eigenvalue weighted by Gasteiger charge is -2.35. The Morgan fingerprint density at radius 2 is 1.60 bits per heavy atom. The molecular formula is C18H16ClF3N4O3S. The van der Waals surface area contributed by atoms with Crippen molar-refractivity contribution < 1.29 is 21.6 Å². The molecule has 12 heteroatoms. The molecule has 1 aliphatic rings. The maximum Gasteiger partial charge on any atom is 0.416 e. The summed E-state index contributed by atoms with van der Waals surface area (Å²) in [6, 6.07) is 7.59. The summed E-state index contributed by atoms with van der Waals surface area (Å²) in [6.45, 7) is 0.607. The number of imidazole rings is 1. The molecule has 0 amide bonds. The monoisotopic (exact) mass is 460 g/mol. The summed E-state index contributed by atoms with van der Waals surface area (Å²) < 4.78 is 66.2. The Morgan fingerprint density at radius 1 is 0.967 bits per heavy atom. The molecule has 30 heavy (non-hydrogen) atoms. The van der Waals surface area contributed by atoms with Crippen molar-refractivity contribution >= 4 is 38.3 Å². The molecule has 0 saturated carbocycles. The SMILES string of the molecule is O=c1[nH]c2cc(Cl)c(S(=O)(=O)N3CCN(c4cccc(C(F)(F)F)c4)CC3)cc2[nH]1. The number of sulfonamides is 1. The zero-order valence-electron chi connectivity index (χ0n) is 15.3. The van der Waals surface area contributed by atoms with Crippen LogP contribution in [0.1, 0.15) is 5.56 Å². The van der Waals surface area contributed by atoms with Gasteiger partial charge in [-0.25, -0.2) is 13.2 Å². The molecule has 0 radical (unpaired) electrons. The zero-order valence-corrected chi connectivity index (χ0v) is 16.9. The third-order valence-electron chi connectivity index (χ3n) is 4.96. The van der Waals surface area contributed by atoms with Crippen LogP contribution in [-0.4, -0.2) is 48.9 Å². The average molecular weight is 461 g/mol. The number of aromatic amines is 2. The van der Waals surface area contributed by atoms with E-state index < -0.39 is 27.5 Å². The van der Waals surface area contributed by atoms with Gasteiger partial charge in [-0.05, 0) is 30.3 Å².